The van der Waals surface area contributed by atoms with Crippen molar-refractivity contribution in [3.8, 4) is 0 Å². The molecule has 1 rings (SSSR count). The van der Waals surface area contributed by atoms with E-state index in [1.807, 2.05) is 20.8 Å². The van der Waals surface area contributed by atoms with Gasteiger partial charge in [-0.05, 0) is 51.8 Å². The molecule has 0 atom stereocenters. The molecule has 0 aliphatic rings. The summed E-state index contributed by atoms with van der Waals surface area (Å²) >= 11 is 0. The Morgan fingerprint density at radius 3 is 2.30 bits per heavy atom. The summed E-state index contributed by atoms with van der Waals surface area (Å²) in [4.78, 5) is 32.4. The number of methoxy groups -OCH3 is 1. The van der Waals surface area contributed by atoms with E-state index in [2.05, 4.69) is 10.1 Å². The van der Waals surface area contributed by atoms with E-state index in [0.29, 0.717) is 13.0 Å². The summed E-state index contributed by atoms with van der Waals surface area (Å²) in [7, 11) is 1.38. The summed E-state index contributed by atoms with van der Waals surface area (Å²) in [5.74, 6) is -1.25. The van der Waals surface area contributed by atoms with Crippen molar-refractivity contribution in [2.45, 2.75) is 52.1 Å². The minimum atomic E-state index is -0.612. The van der Waals surface area contributed by atoms with E-state index in [1.165, 1.54) is 25.3 Å². The van der Waals surface area contributed by atoms with Crippen molar-refractivity contribution >= 4 is 18.0 Å². The quantitative estimate of drug-likeness (QED) is 0.554. The standard InChI is InChI=1S/C12H23NO4.C7H6FNO/c1-12(2,3)17-11(15)13-9-7-5-6-8-10(14)16-4;8-6-3-1-2-5(4-6)7(9)10/h5-9H2,1-4H3,(H,13,15);1-4H,(H2,9,10). The summed E-state index contributed by atoms with van der Waals surface area (Å²) in [6.45, 7) is 6.03. The van der Waals surface area contributed by atoms with Crippen molar-refractivity contribution in [1.82, 2.24) is 5.32 Å². The molecule has 0 unspecified atom stereocenters. The van der Waals surface area contributed by atoms with Crippen LogP contribution in [0.25, 0.3) is 0 Å². The summed E-state index contributed by atoms with van der Waals surface area (Å²) in [5.41, 5.74) is 4.61. The lowest BCUT2D eigenvalue weighted by atomic mass is 10.2. The number of ether oxygens (including phenoxy) is 2. The van der Waals surface area contributed by atoms with E-state index in [-0.39, 0.29) is 11.5 Å². The molecule has 0 bridgehead atoms. The zero-order valence-electron chi connectivity index (χ0n) is 16.3. The van der Waals surface area contributed by atoms with Gasteiger partial charge < -0.3 is 20.5 Å². The van der Waals surface area contributed by atoms with E-state index in [9.17, 15) is 18.8 Å². The van der Waals surface area contributed by atoms with Crippen molar-refractivity contribution in [3.63, 3.8) is 0 Å². The SMILES string of the molecule is COC(=O)CCCCCNC(=O)OC(C)(C)C.NC(=O)c1cccc(F)c1. The molecular weight excluding hydrogens is 355 g/mol. The smallest absolute Gasteiger partial charge is 0.407 e. The molecule has 0 aromatic heterocycles. The summed E-state index contributed by atoms with van der Waals surface area (Å²) < 4.78 is 21.9. The van der Waals surface area contributed by atoms with E-state index in [0.717, 1.165) is 25.3 Å². The molecule has 0 aliphatic heterocycles. The number of amides is 2. The lowest BCUT2D eigenvalue weighted by Crippen LogP contribution is -2.32. The lowest BCUT2D eigenvalue weighted by Gasteiger charge is -2.19. The van der Waals surface area contributed by atoms with Crippen LogP contribution < -0.4 is 11.1 Å². The van der Waals surface area contributed by atoms with E-state index >= 15 is 0 Å². The predicted octanol–water partition coefficient (Wildman–Crippen LogP) is 3.17. The molecule has 8 heteroatoms. The molecule has 27 heavy (non-hydrogen) atoms. The van der Waals surface area contributed by atoms with Crippen molar-refractivity contribution < 1.29 is 28.2 Å². The number of nitrogens with one attached hydrogen (secondary N) is 1. The Labute approximate surface area is 159 Å². The highest BCUT2D eigenvalue weighted by atomic mass is 19.1. The van der Waals surface area contributed by atoms with Gasteiger partial charge in [-0.15, -0.1) is 0 Å². The first kappa shape index (κ1) is 24.4. The molecule has 3 N–H and O–H groups in total. The van der Waals surface area contributed by atoms with Crippen LogP contribution >= 0.6 is 0 Å². The highest BCUT2D eigenvalue weighted by Gasteiger charge is 2.15. The van der Waals surface area contributed by atoms with Crippen LogP contribution in [0.4, 0.5) is 9.18 Å². The maximum atomic E-state index is 12.3. The third-order valence-electron chi connectivity index (χ3n) is 3.06. The number of halogens is 1. The Morgan fingerprint density at radius 1 is 1.15 bits per heavy atom. The Kier molecular flexibility index (Phi) is 11.4. The number of hydrogen-bond acceptors (Lipinski definition) is 5. The van der Waals surface area contributed by atoms with Gasteiger partial charge in [0, 0.05) is 18.5 Å². The van der Waals surface area contributed by atoms with Crippen molar-refractivity contribution in [3.05, 3.63) is 35.6 Å². The summed E-state index contributed by atoms with van der Waals surface area (Å²) in [6, 6.07) is 5.26. The van der Waals surface area contributed by atoms with Crippen LogP contribution in [-0.4, -0.2) is 37.2 Å². The first-order valence-electron chi connectivity index (χ1n) is 8.64. The number of alkyl carbamates (subject to hydrolysis) is 1. The van der Waals surface area contributed by atoms with Crippen molar-refractivity contribution in [2.75, 3.05) is 13.7 Å². The Balaban J connectivity index is 0.000000569. The van der Waals surface area contributed by atoms with Gasteiger partial charge in [-0.3, -0.25) is 9.59 Å². The molecule has 0 heterocycles. The summed E-state index contributed by atoms with van der Waals surface area (Å²) in [6.07, 6.45) is 2.53. The molecule has 0 aliphatic carbocycles. The Bertz CT molecular complexity index is 614. The molecule has 0 radical (unpaired) electrons. The van der Waals surface area contributed by atoms with Gasteiger partial charge in [0.15, 0.2) is 0 Å². The number of esters is 1. The number of unbranched alkanes of at least 4 members (excludes halogenated alkanes) is 2. The second kappa shape index (κ2) is 12.7. The lowest BCUT2D eigenvalue weighted by molar-refractivity contribution is -0.140. The van der Waals surface area contributed by atoms with Gasteiger partial charge in [0.1, 0.15) is 11.4 Å². The third kappa shape index (κ3) is 14.2. The minimum absolute atomic E-state index is 0.190. The van der Waals surface area contributed by atoms with Crippen molar-refractivity contribution in [2.24, 2.45) is 5.73 Å². The fourth-order valence-corrected chi connectivity index (χ4v) is 1.82. The molecule has 152 valence electrons. The van der Waals surface area contributed by atoms with Crippen LogP contribution in [0.3, 0.4) is 0 Å². The Morgan fingerprint density at radius 2 is 1.81 bits per heavy atom. The molecule has 1 aromatic rings. The molecule has 0 spiro atoms. The van der Waals surface area contributed by atoms with Gasteiger partial charge in [0.2, 0.25) is 5.91 Å². The fourth-order valence-electron chi connectivity index (χ4n) is 1.82. The van der Waals surface area contributed by atoms with E-state index < -0.39 is 23.4 Å². The van der Waals surface area contributed by atoms with Gasteiger partial charge >= 0.3 is 12.1 Å². The number of nitrogens with two attached hydrogens (primary N) is 1. The van der Waals surface area contributed by atoms with Crippen LogP contribution in [0, 0.1) is 5.82 Å². The van der Waals surface area contributed by atoms with Gasteiger partial charge in [-0.25, -0.2) is 9.18 Å². The maximum absolute atomic E-state index is 12.3. The number of benzene rings is 1. The topological polar surface area (TPSA) is 108 Å². The molecule has 0 saturated carbocycles. The third-order valence-corrected chi connectivity index (χ3v) is 3.06. The second-order valence-corrected chi connectivity index (χ2v) is 6.69. The van der Waals surface area contributed by atoms with Crippen LogP contribution in [0.5, 0.6) is 0 Å². The number of carbonyl (C=O) groups is 3. The van der Waals surface area contributed by atoms with E-state index in [1.54, 1.807) is 0 Å². The first-order valence-corrected chi connectivity index (χ1v) is 8.64. The number of rotatable bonds is 7. The molecule has 0 fully saturated rings. The zero-order chi connectivity index (χ0) is 20.9. The van der Waals surface area contributed by atoms with Gasteiger partial charge in [-0.2, -0.15) is 0 Å². The van der Waals surface area contributed by atoms with Gasteiger partial charge in [0.25, 0.3) is 0 Å². The van der Waals surface area contributed by atoms with Crippen LogP contribution in [0.2, 0.25) is 0 Å². The zero-order valence-corrected chi connectivity index (χ0v) is 16.3. The number of primary amides is 1. The summed E-state index contributed by atoms with van der Waals surface area (Å²) in [5, 5.41) is 2.66. The average molecular weight is 384 g/mol. The van der Waals surface area contributed by atoms with Crippen LogP contribution in [0.15, 0.2) is 24.3 Å². The van der Waals surface area contributed by atoms with E-state index in [4.69, 9.17) is 10.5 Å². The Hall–Kier alpha value is -2.64. The fraction of sp³-hybridized carbons (Fsp3) is 0.526. The first-order chi connectivity index (χ1) is 12.5. The number of hydrogen-bond donors (Lipinski definition) is 2. The monoisotopic (exact) mass is 384 g/mol. The van der Waals surface area contributed by atoms with Crippen LogP contribution in [-0.2, 0) is 14.3 Å². The molecule has 1 aromatic carbocycles. The minimum Gasteiger partial charge on any atom is -0.469 e. The molecule has 7 nitrogen and oxygen atoms in total. The number of carbonyl (C=O) groups excluding carboxylic acids is 3. The second-order valence-electron chi connectivity index (χ2n) is 6.69. The van der Waals surface area contributed by atoms with Gasteiger partial charge in [-0.1, -0.05) is 12.5 Å². The predicted molar refractivity (Wildman–Crippen MR) is 99.6 cm³/mol. The normalized spacial score (nSPS) is 10.3. The molecular formula is C19H29FN2O5. The highest BCUT2D eigenvalue weighted by Crippen LogP contribution is 2.06. The largest absolute Gasteiger partial charge is 0.469 e. The van der Waals surface area contributed by atoms with Crippen LogP contribution in [0.1, 0.15) is 56.8 Å². The molecule has 0 saturated heterocycles. The highest BCUT2D eigenvalue weighted by molar-refractivity contribution is 5.92. The average Bonchev–Trinajstić information content (AvgIpc) is 2.56. The maximum Gasteiger partial charge on any atom is 0.407 e. The van der Waals surface area contributed by atoms with Gasteiger partial charge in [0.05, 0.1) is 7.11 Å². The molecule has 2 amide bonds. The van der Waals surface area contributed by atoms with Crippen molar-refractivity contribution in [1.29, 1.82) is 0 Å².